The van der Waals surface area contributed by atoms with E-state index in [1.807, 2.05) is 30.3 Å². The maximum Gasteiger partial charge on any atom is 0.340 e. The van der Waals surface area contributed by atoms with Crippen molar-refractivity contribution in [1.82, 2.24) is 0 Å². The van der Waals surface area contributed by atoms with E-state index in [1.165, 1.54) is 12.1 Å². The average molecular weight is 306 g/mol. The molecule has 1 atom stereocenters. The molecule has 0 aliphatic heterocycles. The number of benzene rings is 2. The van der Waals surface area contributed by atoms with Crippen LogP contribution in [0.1, 0.15) is 28.9 Å². The molecule has 0 aromatic heterocycles. The fraction of sp³-hybridized carbons (Fsp3) is 0.133. The van der Waals surface area contributed by atoms with Gasteiger partial charge in [0.1, 0.15) is 6.10 Å². The van der Waals surface area contributed by atoms with E-state index in [2.05, 4.69) is 0 Å². The highest BCUT2D eigenvalue weighted by Gasteiger charge is 2.18. The lowest BCUT2D eigenvalue weighted by Crippen LogP contribution is -2.10. The molecule has 6 heteroatoms. The Balaban J connectivity index is 2.15. The first kappa shape index (κ1) is 15.0. The van der Waals surface area contributed by atoms with Crippen molar-refractivity contribution in [3.05, 3.63) is 74.8 Å². The van der Waals surface area contributed by atoms with E-state index in [9.17, 15) is 14.9 Å². The van der Waals surface area contributed by atoms with Gasteiger partial charge >= 0.3 is 5.97 Å². The second-order valence-corrected chi connectivity index (χ2v) is 4.79. The van der Waals surface area contributed by atoms with Crippen molar-refractivity contribution >= 4 is 23.3 Å². The lowest BCUT2D eigenvalue weighted by molar-refractivity contribution is -0.384. The number of hydrogen-bond acceptors (Lipinski definition) is 4. The number of carbonyl (C=O) groups is 1. The third kappa shape index (κ3) is 3.58. The van der Waals surface area contributed by atoms with Gasteiger partial charge in [-0.15, -0.1) is 0 Å². The zero-order chi connectivity index (χ0) is 15.4. The summed E-state index contributed by atoms with van der Waals surface area (Å²) in [4.78, 5) is 22.1. The molecule has 0 unspecified atom stereocenters. The number of nitrogens with zero attached hydrogens (tertiary/aromatic N) is 1. The third-order valence-corrected chi connectivity index (χ3v) is 3.25. The molecule has 21 heavy (non-hydrogen) atoms. The first-order chi connectivity index (χ1) is 9.99. The molecule has 5 nitrogen and oxygen atoms in total. The quantitative estimate of drug-likeness (QED) is 0.483. The molecule has 0 amide bonds. The average Bonchev–Trinajstić information content (AvgIpc) is 2.47. The van der Waals surface area contributed by atoms with Gasteiger partial charge in [0.25, 0.3) is 5.69 Å². The van der Waals surface area contributed by atoms with Crippen LogP contribution in [0, 0.1) is 10.1 Å². The molecule has 0 heterocycles. The van der Waals surface area contributed by atoms with Crippen LogP contribution in [0.5, 0.6) is 0 Å². The van der Waals surface area contributed by atoms with Crippen LogP contribution in [-0.2, 0) is 4.74 Å². The number of rotatable bonds is 4. The molecule has 2 aromatic carbocycles. The molecule has 0 bridgehead atoms. The summed E-state index contributed by atoms with van der Waals surface area (Å²) in [6, 6.07) is 12.9. The number of carbonyl (C=O) groups excluding carboxylic acids is 1. The van der Waals surface area contributed by atoms with Gasteiger partial charge in [-0.25, -0.2) is 4.79 Å². The van der Waals surface area contributed by atoms with Crippen LogP contribution in [0.25, 0.3) is 0 Å². The summed E-state index contributed by atoms with van der Waals surface area (Å²) in [6.07, 6.45) is -0.440. The van der Waals surface area contributed by atoms with Gasteiger partial charge in [-0.1, -0.05) is 41.9 Å². The van der Waals surface area contributed by atoms with Gasteiger partial charge in [0, 0.05) is 12.1 Å². The Morgan fingerprint density at radius 3 is 2.48 bits per heavy atom. The molecule has 108 valence electrons. The van der Waals surface area contributed by atoms with Gasteiger partial charge in [-0.05, 0) is 18.6 Å². The molecule has 2 rings (SSSR count). The molecule has 0 radical (unpaired) electrons. The summed E-state index contributed by atoms with van der Waals surface area (Å²) in [6.45, 7) is 1.74. The molecule has 0 aliphatic carbocycles. The maximum absolute atomic E-state index is 12.1. The van der Waals surface area contributed by atoms with Crippen molar-refractivity contribution in [2.45, 2.75) is 13.0 Å². The van der Waals surface area contributed by atoms with Gasteiger partial charge in [-0.2, -0.15) is 0 Å². The summed E-state index contributed by atoms with van der Waals surface area (Å²) >= 11 is 5.89. The number of hydrogen-bond donors (Lipinski definition) is 0. The standard InChI is InChI=1S/C15H12ClNO4/c1-10(11-5-3-2-4-6-11)21-15(18)13-8-7-12(17(19)20)9-14(13)16/h2-10H,1H3/t10-/m0/s1. The van der Waals surface area contributed by atoms with Gasteiger partial charge < -0.3 is 4.74 Å². The van der Waals surface area contributed by atoms with E-state index < -0.39 is 17.0 Å². The molecule has 0 aliphatic rings. The molecule has 0 saturated carbocycles. The fourth-order valence-corrected chi connectivity index (χ4v) is 2.05. The molecule has 2 aromatic rings. The Bertz CT molecular complexity index is 673. The van der Waals surface area contributed by atoms with Crippen molar-refractivity contribution in [1.29, 1.82) is 0 Å². The predicted octanol–water partition coefficient (Wildman–Crippen LogP) is 4.17. The Kier molecular flexibility index (Phi) is 4.55. The smallest absolute Gasteiger partial charge is 0.340 e. The number of esters is 1. The van der Waals surface area contributed by atoms with Gasteiger partial charge in [-0.3, -0.25) is 10.1 Å². The van der Waals surface area contributed by atoms with E-state index >= 15 is 0 Å². The van der Waals surface area contributed by atoms with Crippen LogP contribution in [0.15, 0.2) is 48.5 Å². The highest BCUT2D eigenvalue weighted by Crippen LogP contribution is 2.25. The number of non-ortho nitro benzene ring substituents is 1. The molecular formula is C15H12ClNO4. The van der Waals surface area contributed by atoms with Gasteiger partial charge in [0.15, 0.2) is 0 Å². The predicted molar refractivity (Wildman–Crippen MR) is 78.4 cm³/mol. The van der Waals surface area contributed by atoms with Crippen LogP contribution in [0.2, 0.25) is 5.02 Å². The molecule has 0 N–H and O–H groups in total. The molecule has 0 fully saturated rings. The van der Waals surface area contributed by atoms with E-state index in [1.54, 1.807) is 6.92 Å². The number of ether oxygens (including phenoxy) is 1. The molecular weight excluding hydrogens is 294 g/mol. The summed E-state index contributed by atoms with van der Waals surface area (Å²) in [7, 11) is 0. The fourth-order valence-electron chi connectivity index (χ4n) is 1.80. The topological polar surface area (TPSA) is 69.4 Å². The minimum atomic E-state index is -0.619. The summed E-state index contributed by atoms with van der Waals surface area (Å²) in [5.74, 6) is -0.619. The largest absolute Gasteiger partial charge is 0.454 e. The van der Waals surface area contributed by atoms with Crippen LogP contribution >= 0.6 is 11.6 Å². The Morgan fingerprint density at radius 2 is 1.90 bits per heavy atom. The molecule has 0 spiro atoms. The lowest BCUT2D eigenvalue weighted by Gasteiger charge is -2.14. The Morgan fingerprint density at radius 1 is 1.24 bits per heavy atom. The third-order valence-electron chi connectivity index (χ3n) is 2.94. The zero-order valence-corrected chi connectivity index (χ0v) is 11.9. The highest BCUT2D eigenvalue weighted by atomic mass is 35.5. The summed E-state index contributed by atoms with van der Waals surface area (Å²) in [5, 5.41) is 10.6. The normalized spacial score (nSPS) is 11.7. The first-order valence-electron chi connectivity index (χ1n) is 6.19. The van der Waals surface area contributed by atoms with Crippen molar-refractivity contribution in [2.75, 3.05) is 0 Å². The zero-order valence-electron chi connectivity index (χ0n) is 11.2. The minimum Gasteiger partial charge on any atom is -0.454 e. The Labute approximate surface area is 126 Å². The maximum atomic E-state index is 12.1. The Hall–Kier alpha value is -2.40. The van der Waals surface area contributed by atoms with Crippen molar-refractivity contribution in [3.8, 4) is 0 Å². The summed E-state index contributed by atoms with van der Waals surface area (Å²) < 4.78 is 5.31. The van der Waals surface area contributed by atoms with Crippen molar-refractivity contribution < 1.29 is 14.5 Å². The second-order valence-electron chi connectivity index (χ2n) is 4.38. The lowest BCUT2D eigenvalue weighted by atomic mass is 10.1. The van der Waals surface area contributed by atoms with Crippen LogP contribution in [0.4, 0.5) is 5.69 Å². The van der Waals surface area contributed by atoms with Gasteiger partial charge in [0.05, 0.1) is 15.5 Å². The SMILES string of the molecule is C[C@H](OC(=O)c1ccc([N+](=O)[O-])cc1Cl)c1ccccc1. The van der Waals surface area contributed by atoms with E-state index in [4.69, 9.17) is 16.3 Å². The van der Waals surface area contributed by atoms with Crippen molar-refractivity contribution in [3.63, 3.8) is 0 Å². The monoisotopic (exact) mass is 305 g/mol. The molecule has 0 saturated heterocycles. The summed E-state index contributed by atoms with van der Waals surface area (Å²) in [5.41, 5.74) is 0.779. The van der Waals surface area contributed by atoms with Crippen molar-refractivity contribution in [2.24, 2.45) is 0 Å². The van der Waals surface area contributed by atoms with Crippen LogP contribution < -0.4 is 0 Å². The second kappa shape index (κ2) is 6.37. The van der Waals surface area contributed by atoms with Gasteiger partial charge in [0.2, 0.25) is 0 Å². The number of nitro benzene ring substituents is 1. The number of nitro groups is 1. The van der Waals surface area contributed by atoms with E-state index in [0.717, 1.165) is 11.6 Å². The highest BCUT2D eigenvalue weighted by molar-refractivity contribution is 6.33. The van der Waals surface area contributed by atoms with Crippen LogP contribution in [0.3, 0.4) is 0 Å². The minimum absolute atomic E-state index is 0.00513. The van der Waals surface area contributed by atoms with E-state index in [-0.39, 0.29) is 16.3 Å². The van der Waals surface area contributed by atoms with E-state index in [0.29, 0.717) is 0 Å². The number of halogens is 1. The first-order valence-corrected chi connectivity index (χ1v) is 6.56. The van der Waals surface area contributed by atoms with Crippen LogP contribution in [-0.4, -0.2) is 10.9 Å².